The highest BCUT2D eigenvalue weighted by Gasteiger charge is 2.37. The van der Waals surface area contributed by atoms with Crippen LogP contribution in [0.4, 0.5) is 10.5 Å². The number of carboxylic acid groups (broad SMARTS) is 1. The van der Waals surface area contributed by atoms with E-state index in [0.29, 0.717) is 25.1 Å². The van der Waals surface area contributed by atoms with Crippen molar-refractivity contribution in [1.29, 1.82) is 0 Å². The van der Waals surface area contributed by atoms with Gasteiger partial charge in [0.05, 0.1) is 14.6 Å². The minimum atomic E-state index is -1.14. The summed E-state index contributed by atoms with van der Waals surface area (Å²) in [5.41, 5.74) is 1.04. The molecule has 1 fully saturated rings. The van der Waals surface area contributed by atoms with Gasteiger partial charge in [-0.05, 0) is 80.3 Å². The molecule has 8 nitrogen and oxygen atoms in total. The molecule has 3 rings (SSSR count). The molecule has 0 saturated carbocycles. The molecular formula is C20H13Br2ClN2O6. The summed E-state index contributed by atoms with van der Waals surface area (Å²) in [5.74, 6) is -2.55. The fraction of sp³-hybridized carbons (Fsp3) is 0.100. The molecular weight excluding hydrogens is 559 g/mol. The number of urea groups is 1. The van der Waals surface area contributed by atoms with E-state index < -0.39 is 30.4 Å². The number of imide groups is 2. The summed E-state index contributed by atoms with van der Waals surface area (Å²) >= 11 is 12.6. The minimum Gasteiger partial charge on any atom is -0.480 e. The van der Waals surface area contributed by atoms with Gasteiger partial charge in [0, 0.05) is 5.02 Å². The van der Waals surface area contributed by atoms with E-state index in [9.17, 15) is 19.2 Å². The number of aliphatic carboxylic acids is 1. The third-order valence-electron chi connectivity index (χ3n) is 4.19. The van der Waals surface area contributed by atoms with Crippen LogP contribution in [0.3, 0.4) is 0 Å². The smallest absolute Gasteiger partial charge is 0.341 e. The SMILES string of the molecule is Cc1ccc(Cl)cc1N1C(=O)NC(=O)/C(=C\c2cc(Br)c(OCC(=O)O)c(Br)c2)C1=O. The van der Waals surface area contributed by atoms with Crippen molar-refractivity contribution >= 4 is 79.0 Å². The van der Waals surface area contributed by atoms with Gasteiger partial charge in [0.1, 0.15) is 11.3 Å². The number of nitrogens with one attached hydrogen (secondary N) is 1. The van der Waals surface area contributed by atoms with Crippen molar-refractivity contribution in [2.24, 2.45) is 0 Å². The molecule has 1 heterocycles. The van der Waals surface area contributed by atoms with Gasteiger partial charge in [-0.3, -0.25) is 14.9 Å². The van der Waals surface area contributed by atoms with Crippen LogP contribution in [0.1, 0.15) is 11.1 Å². The van der Waals surface area contributed by atoms with Crippen LogP contribution in [0.2, 0.25) is 5.02 Å². The second-order valence-electron chi connectivity index (χ2n) is 6.38. The van der Waals surface area contributed by atoms with E-state index in [1.54, 1.807) is 31.2 Å². The molecule has 1 aliphatic rings. The van der Waals surface area contributed by atoms with E-state index in [0.717, 1.165) is 4.90 Å². The molecule has 31 heavy (non-hydrogen) atoms. The molecule has 0 unspecified atom stereocenters. The fourth-order valence-electron chi connectivity index (χ4n) is 2.80. The van der Waals surface area contributed by atoms with Gasteiger partial charge >= 0.3 is 12.0 Å². The molecule has 2 aromatic carbocycles. The molecule has 2 N–H and O–H groups in total. The van der Waals surface area contributed by atoms with Crippen LogP contribution >= 0.6 is 43.5 Å². The van der Waals surface area contributed by atoms with Crippen LogP contribution in [0, 0.1) is 6.92 Å². The standard InChI is InChI=1S/C20H13Br2ClN2O6/c1-9-2-3-11(23)7-15(9)25-19(29)12(18(28)24-20(25)30)4-10-5-13(21)17(14(22)6-10)31-8-16(26)27/h2-7H,8H2,1H3,(H,26,27)(H,24,28,30)/b12-4+. The summed E-state index contributed by atoms with van der Waals surface area (Å²) in [4.78, 5) is 49.4. The number of amides is 4. The first-order chi connectivity index (χ1) is 14.6. The van der Waals surface area contributed by atoms with Crippen molar-refractivity contribution < 1.29 is 29.0 Å². The Balaban J connectivity index is 2.00. The third-order valence-corrected chi connectivity index (χ3v) is 5.60. The van der Waals surface area contributed by atoms with E-state index in [4.69, 9.17) is 21.4 Å². The first kappa shape index (κ1) is 23.0. The number of carboxylic acids is 1. The maximum atomic E-state index is 13.0. The van der Waals surface area contributed by atoms with E-state index in [1.807, 2.05) is 0 Å². The second kappa shape index (κ2) is 9.21. The van der Waals surface area contributed by atoms with Crippen LogP contribution in [0.15, 0.2) is 44.9 Å². The Morgan fingerprint density at radius 1 is 1.19 bits per heavy atom. The number of hydrogen-bond acceptors (Lipinski definition) is 5. The summed E-state index contributed by atoms with van der Waals surface area (Å²) < 4.78 is 6.00. The number of benzene rings is 2. The van der Waals surface area contributed by atoms with Gasteiger partial charge in [-0.15, -0.1) is 0 Å². The van der Waals surface area contributed by atoms with Gasteiger partial charge in [-0.1, -0.05) is 17.7 Å². The summed E-state index contributed by atoms with van der Waals surface area (Å²) in [7, 11) is 0. The number of anilines is 1. The average molecular weight is 573 g/mol. The monoisotopic (exact) mass is 570 g/mol. The number of hydrogen-bond donors (Lipinski definition) is 2. The molecule has 1 saturated heterocycles. The predicted molar refractivity (Wildman–Crippen MR) is 120 cm³/mol. The number of aryl methyl sites for hydroxylation is 1. The molecule has 2 aromatic rings. The van der Waals surface area contributed by atoms with Crippen LogP contribution < -0.4 is 15.0 Å². The molecule has 0 bridgehead atoms. The average Bonchev–Trinajstić information content (AvgIpc) is 2.67. The number of nitrogens with zero attached hydrogens (tertiary/aromatic N) is 1. The van der Waals surface area contributed by atoms with E-state index >= 15 is 0 Å². The van der Waals surface area contributed by atoms with Crippen molar-refractivity contribution in [1.82, 2.24) is 5.32 Å². The zero-order valence-corrected chi connectivity index (χ0v) is 19.7. The lowest BCUT2D eigenvalue weighted by Crippen LogP contribution is -2.54. The Hall–Kier alpha value is -2.69. The van der Waals surface area contributed by atoms with Gasteiger partial charge < -0.3 is 9.84 Å². The largest absolute Gasteiger partial charge is 0.480 e. The van der Waals surface area contributed by atoms with Gasteiger partial charge in [0.25, 0.3) is 11.8 Å². The lowest BCUT2D eigenvalue weighted by atomic mass is 10.1. The molecule has 160 valence electrons. The minimum absolute atomic E-state index is 0.246. The Morgan fingerprint density at radius 2 is 1.84 bits per heavy atom. The van der Waals surface area contributed by atoms with Crippen molar-refractivity contribution in [3.63, 3.8) is 0 Å². The van der Waals surface area contributed by atoms with Gasteiger partial charge in [0.2, 0.25) is 0 Å². The Kier molecular flexibility index (Phi) is 6.83. The molecule has 4 amide bonds. The van der Waals surface area contributed by atoms with E-state index in [-0.39, 0.29) is 17.0 Å². The molecule has 0 radical (unpaired) electrons. The molecule has 0 aliphatic carbocycles. The molecule has 0 atom stereocenters. The van der Waals surface area contributed by atoms with Crippen molar-refractivity contribution in [3.8, 4) is 5.75 Å². The summed E-state index contributed by atoms with van der Waals surface area (Å²) in [6, 6.07) is 6.95. The lowest BCUT2D eigenvalue weighted by Gasteiger charge is -2.27. The maximum Gasteiger partial charge on any atom is 0.341 e. The summed E-state index contributed by atoms with van der Waals surface area (Å²) in [6.07, 6.45) is 1.31. The Morgan fingerprint density at radius 3 is 2.45 bits per heavy atom. The number of carbonyl (C=O) groups is 4. The zero-order valence-electron chi connectivity index (χ0n) is 15.7. The van der Waals surface area contributed by atoms with Gasteiger partial charge in [0.15, 0.2) is 6.61 Å². The normalized spacial score (nSPS) is 15.3. The lowest BCUT2D eigenvalue weighted by molar-refractivity contribution is -0.139. The van der Waals surface area contributed by atoms with Gasteiger partial charge in [-0.2, -0.15) is 0 Å². The number of barbiturate groups is 1. The van der Waals surface area contributed by atoms with Crippen LogP contribution in [-0.4, -0.2) is 35.5 Å². The first-order valence-electron chi connectivity index (χ1n) is 8.59. The molecule has 0 aromatic heterocycles. The number of ether oxygens (including phenoxy) is 1. The summed E-state index contributed by atoms with van der Waals surface area (Å²) in [6.45, 7) is 1.16. The van der Waals surface area contributed by atoms with E-state index in [2.05, 4.69) is 37.2 Å². The highest BCUT2D eigenvalue weighted by atomic mass is 79.9. The summed E-state index contributed by atoms with van der Waals surface area (Å²) in [5, 5.41) is 11.3. The van der Waals surface area contributed by atoms with Crippen LogP contribution in [0.25, 0.3) is 6.08 Å². The topological polar surface area (TPSA) is 113 Å². The quantitative estimate of drug-likeness (QED) is 0.408. The zero-order chi connectivity index (χ0) is 22.9. The Labute approximate surface area is 198 Å². The third kappa shape index (κ3) is 4.97. The van der Waals surface area contributed by atoms with Gasteiger partial charge in [-0.25, -0.2) is 14.5 Å². The van der Waals surface area contributed by atoms with Crippen LogP contribution in [0.5, 0.6) is 5.75 Å². The van der Waals surface area contributed by atoms with Crippen molar-refractivity contribution in [2.75, 3.05) is 11.5 Å². The highest BCUT2D eigenvalue weighted by Crippen LogP contribution is 2.36. The molecule has 0 spiro atoms. The molecule has 11 heteroatoms. The van der Waals surface area contributed by atoms with E-state index in [1.165, 1.54) is 12.1 Å². The predicted octanol–water partition coefficient (Wildman–Crippen LogP) is 4.30. The highest BCUT2D eigenvalue weighted by molar-refractivity contribution is 9.11. The Bertz CT molecular complexity index is 1140. The number of rotatable bonds is 5. The number of halogens is 3. The molecule has 1 aliphatic heterocycles. The second-order valence-corrected chi connectivity index (χ2v) is 8.53. The number of carbonyl (C=O) groups excluding carboxylic acids is 3. The van der Waals surface area contributed by atoms with Crippen LogP contribution in [-0.2, 0) is 14.4 Å². The van der Waals surface area contributed by atoms with Crippen molar-refractivity contribution in [3.05, 3.63) is 61.0 Å². The van der Waals surface area contributed by atoms with Crippen molar-refractivity contribution in [2.45, 2.75) is 6.92 Å². The fourth-order valence-corrected chi connectivity index (χ4v) is 4.42. The first-order valence-corrected chi connectivity index (χ1v) is 10.6. The maximum absolute atomic E-state index is 13.0.